The second kappa shape index (κ2) is 10.1. The topological polar surface area (TPSA) is 93.1 Å². The zero-order valence-corrected chi connectivity index (χ0v) is 19.5. The molecule has 2 rings (SSSR count). The molecule has 1 aliphatic heterocycles. The van der Waals surface area contributed by atoms with E-state index in [9.17, 15) is 19.5 Å². The van der Waals surface area contributed by atoms with Gasteiger partial charge in [-0.3, -0.25) is 0 Å². The molecule has 0 bridgehead atoms. The van der Waals surface area contributed by atoms with E-state index in [0.717, 1.165) is 30.7 Å². The first-order valence-corrected chi connectivity index (χ1v) is 17.1. The summed E-state index contributed by atoms with van der Waals surface area (Å²) in [7, 11) is 0. The second-order valence-electron chi connectivity index (χ2n) is 7.26. The van der Waals surface area contributed by atoms with Gasteiger partial charge in [-0.25, -0.2) is 0 Å². The van der Waals surface area contributed by atoms with Gasteiger partial charge in [0.15, 0.2) is 0 Å². The average Bonchev–Trinajstić information content (AvgIpc) is 2.89. The van der Waals surface area contributed by atoms with Gasteiger partial charge in [-0.15, -0.1) is 0 Å². The molecule has 0 aromatic rings. The quantitative estimate of drug-likeness (QED) is 0.357. The monoisotopic (exact) mass is 595 g/mol. The van der Waals surface area contributed by atoms with Crippen molar-refractivity contribution in [1.82, 2.24) is 5.06 Å². The summed E-state index contributed by atoms with van der Waals surface area (Å²) < 4.78 is 10.9. The Bertz CT molecular complexity index is 529. The molecule has 150 valence electrons. The average molecular weight is 595 g/mol. The van der Waals surface area contributed by atoms with Crippen LogP contribution in [0.3, 0.4) is 0 Å². The van der Waals surface area contributed by atoms with E-state index in [1.807, 2.05) is 18.6 Å². The van der Waals surface area contributed by atoms with E-state index < -0.39 is 22.3 Å². The number of Topliss-reactive ketones (excluding diaryl/α,β-unsaturated/α-hetero) is 1. The normalized spacial score (nSPS) is 30.9. The van der Waals surface area contributed by atoms with Gasteiger partial charge in [0.05, 0.1) is 0 Å². The Morgan fingerprint density at radius 3 is 2.58 bits per heavy atom. The van der Waals surface area contributed by atoms with Crippen molar-refractivity contribution in [2.24, 2.45) is 11.8 Å². The van der Waals surface area contributed by atoms with E-state index in [0.29, 0.717) is 18.8 Å². The molecule has 1 aliphatic carbocycles. The van der Waals surface area contributed by atoms with Crippen LogP contribution in [0.25, 0.3) is 0 Å². The predicted octanol–water partition coefficient (Wildman–Crippen LogP) is 3.70. The molecule has 2 fully saturated rings. The number of carbonyl (C=O) groups is 3. The summed E-state index contributed by atoms with van der Waals surface area (Å²) in [6.45, 7) is 3.91. The van der Waals surface area contributed by atoms with E-state index in [1.165, 1.54) is 0 Å². The van der Waals surface area contributed by atoms with Crippen molar-refractivity contribution >= 4 is 52.9 Å². The molecule has 0 aromatic heterocycles. The molecule has 0 spiro atoms. The predicted molar refractivity (Wildman–Crippen MR) is 112 cm³/mol. The summed E-state index contributed by atoms with van der Waals surface area (Å²) in [6, 6.07) is 0. The molecular weight excluding hydrogens is 568 g/mol. The standard InChI is InChI=1S/C17H27I2NO6/c1-3-13-6-4-5-12(2)9-17(24,10-13)14(21)11-25-19(18)26-20-15(22)7-8-16(20)23/h12-13,24H,3-11H2,1-2H3. The van der Waals surface area contributed by atoms with Gasteiger partial charge in [-0.1, -0.05) is 0 Å². The van der Waals surface area contributed by atoms with Crippen LogP contribution in [0.15, 0.2) is 0 Å². The summed E-state index contributed by atoms with van der Waals surface area (Å²) in [5.74, 6) is -0.454. The number of ketones is 1. The molecule has 1 saturated carbocycles. The molecule has 9 heteroatoms. The van der Waals surface area contributed by atoms with Crippen molar-refractivity contribution < 1.29 is 25.7 Å². The summed E-state index contributed by atoms with van der Waals surface area (Å²) in [5.41, 5.74) is -1.37. The Balaban J connectivity index is 1.91. The number of carbonyl (C=O) groups excluding carboxylic acids is 3. The minimum atomic E-state index is -2.60. The molecule has 0 aromatic carbocycles. The van der Waals surface area contributed by atoms with E-state index >= 15 is 0 Å². The van der Waals surface area contributed by atoms with Crippen molar-refractivity contribution in [2.45, 2.75) is 70.8 Å². The molecular formula is C17H27I2NO6. The van der Waals surface area contributed by atoms with Crippen LogP contribution >= 0.6 is 35.3 Å². The third-order valence-electron chi connectivity index (χ3n) is 5.12. The van der Waals surface area contributed by atoms with Crippen LogP contribution in [0.1, 0.15) is 65.2 Å². The van der Waals surface area contributed by atoms with E-state index in [2.05, 4.69) is 13.8 Å². The molecule has 3 unspecified atom stereocenters. The Morgan fingerprint density at radius 2 is 1.96 bits per heavy atom. The van der Waals surface area contributed by atoms with Crippen LogP contribution in [0.2, 0.25) is 0 Å². The summed E-state index contributed by atoms with van der Waals surface area (Å²) in [4.78, 5) is 35.8. The minimum absolute atomic E-state index is 0.147. The van der Waals surface area contributed by atoms with Crippen LogP contribution in [-0.2, 0) is 20.6 Å². The molecule has 1 heterocycles. The zero-order valence-electron chi connectivity index (χ0n) is 15.2. The molecule has 2 aliphatic rings. The van der Waals surface area contributed by atoms with Crippen LogP contribution in [0, 0.1) is 11.8 Å². The van der Waals surface area contributed by atoms with E-state index in [1.54, 1.807) is 0 Å². The third kappa shape index (κ3) is 6.08. The van der Waals surface area contributed by atoms with Crippen LogP contribution in [0.5, 0.6) is 0 Å². The molecule has 2 amide bonds. The van der Waals surface area contributed by atoms with Crippen LogP contribution < -0.4 is 0 Å². The van der Waals surface area contributed by atoms with Crippen LogP contribution in [0.4, 0.5) is 0 Å². The molecule has 1 N–H and O–H groups in total. The fraction of sp³-hybridized carbons (Fsp3) is 0.824. The van der Waals surface area contributed by atoms with E-state index in [-0.39, 0.29) is 43.0 Å². The third-order valence-corrected chi connectivity index (χ3v) is 9.20. The van der Waals surface area contributed by atoms with Gasteiger partial charge in [-0.2, -0.15) is 0 Å². The van der Waals surface area contributed by atoms with Crippen molar-refractivity contribution in [3.05, 3.63) is 0 Å². The van der Waals surface area contributed by atoms with Gasteiger partial charge in [-0.05, 0) is 0 Å². The van der Waals surface area contributed by atoms with Crippen molar-refractivity contribution in [3.63, 3.8) is 0 Å². The second-order valence-corrected chi connectivity index (χ2v) is 13.8. The number of amides is 2. The maximum absolute atomic E-state index is 12.7. The Morgan fingerprint density at radius 1 is 1.31 bits per heavy atom. The SMILES string of the molecule is CCC1CCCC(C)CC(O)(C(=O)COI(I)ON2C(=O)CCC2=O)C1. The Kier molecular flexibility index (Phi) is 8.70. The number of hydrogen-bond acceptors (Lipinski definition) is 6. The number of halogens is 2. The van der Waals surface area contributed by atoms with Gasteiger partial charge in [0.2, 0.25) is 0 Å². The molecule has 26 heavy (non-hydrogen) atoms. The number of hydrogen-bond donors (Lipinski definition) is 1. The maximum atomic E-state index is 12.7. The number of aliphatic hydroxyl groups is 1. The van der Waals surface area contributed by atoms with Crippen LogP contribution in [-0.4, -0.2) is 40.0 Å². The van der Waals surface area contributed by atoms with Crippen molar-refractivity contribution in [1.29, 1.82) is 0 Å². The van der Waals surface area contributed by atoms with Gasteiger partial charge >= 0.3 is 173 Å². The molecule has 7 nitrogen and oxygen atoms in total. The molecule has 3 atom stereocenters. The summed E-state index contributed by atoms with van der Waals surface area (Å²) >= 11 is -0.674. The molecule has 1 saturated heterocycles. The van der Waals surface area contributed by atoms with Gasteiger partial charge in [0.25, 0.3) is 0 Å². The summed E-state index contributed by atoms with van der Waals surface area (Å²) in [5, 5.41) is 11.8. The molecule has 0 radical (unpaired) electrons. The van der Waals surface area contributed by atoms with Crippen molar-refractivity contribution in [3.8, 4) is 0 Å². The van der Waals surface area contributed by atoms with Gasteiger partial charge in [0.1, 0.15) is 0 Å². The first kappa shape index (κ1) is 22.4. The number of imide groups is 1. The summed E-state index contributed by atoms with van der Waals surface area (Å²) in [6.07, 6.45) is 5.33. The first-order valence-electron chi connectivity index (χ1n) is 9.05. The fourth-order valence-electron chi connectivity index (χ4n) is 3.61. The Labute approximate surface area is 172 Å². The number of nitrogens with zero attached hydrogens (tertiary/aromatic N) is 1. The van der Waals surface area contributed by atoms with E-state index in [4.69, 9.17) is 6.23 Å². The number of hydroxylamine groups is 2. The number of rotatable bonds is 7. The first-order chi connectivity index (χ1) is 12.2. The van der Waals surface area contributed by atoms with Gasteiger partial charge in [0, 0.05) is 0 Å². The van der Waals surface area contributed by atoms with Crippen molar-refractivity contribution in [2.75, 3.05) is 6.61 Å². The Hall–Kier alpha value is 0.150. The fourth-order valence-corrected chi connectivity index (χ4v) is 6.79. The zero-order chi connectivity index (χ0) is 19.3. The van der Waals surface area contributed by atoms with Gasteiger partial charge < -0.3 is 0 Å².